The summed E-state index contributed by atoms with van der Waals surface area (Å²) in [5.41, 5.74) is 1.99. The summed E-state index contributed by atoms with van der Waals surface area (Å²) in [6.45, 7) is 0.973. The van der Waals surface area contributed by atoms with Crippen LogP contribution in [0.15, 0.2) is 60.7 Å². The van der Waals surface area contributed by atoms with Crippen molar-refractivity contribution in [3.8, 4) is 0 Å². The van der Waals surface area contributed by atoms with E-state index in [-0.39, 0.29) is 48.8 Å². The minimum absolute atomic E-state index is 0.0970. The number of quaternary nitrogens is 2. The number of nitrogens with one attached hydrogen (secondary N) is 2. The Balaban J connectivity index is 1.18. The van der Waals surface area contributed by atoms with Crippen molar-refractivity contribution in [3.05, 3.63) is 82.2 Å². The lowest BCUT2D eigenvalue weighted by Gasteiger charge is -2.53. The second-order valence-corrected chi connectivity index (χ2v) is 12.6. The second-order valence-electron chi connectivity index (χ2n) is 12.6. The Bertz CT molecular complexity index is 1100. The van der Waals surface area contributed by atoms with E-state index in [1.54, 1.807) is 0 Å². The molecule has 0 bridgehead atoms. The molecule has 2 amide bonds. The summed E-state index contributed by atoms with van der Waals surface area (Å²) >= 11 is 0. The summed E-state index contributed by atoms with van der Waals surface area (Å²) in [5.74, 6) is 0.0479. The number of hydrogen-bond donors (Lipinski definition) is 2. The van der Waals surface area contributed by atoms with Gasteiger partial charge in [0, 0.05) is 50.6 Å². The van der Waals surface area contributed by atoms with E-state index >= 15 is 0 Å². The zero-order valence-electron chi connectivity index (χ0n) is 23.3. The zero-order chi connectivity index (χ0) is 27.7. The number of benzene rings is 2. The van der Waals surface area contributed by atoms with Gasteiger partial charge in [-0.2, -0.15) is 0 Å². The molecule has 2 saturated carbocycles. The monoisotopic (exact) mass is 546 g/mol. The third-order valence-electron chi connectivity index (χ3n) is 10.5. The van der Waals surface area contributed by atoms with Crippen molar-refractivity contribution in [3.63, 3.8) is 0 Å². The molecule has 0 aromatic heterocycles. The Hall–Kier alpha value is -2.78. The van der Waals surface area contributed by atoms with E-state index in [4.69, 9.17) is 0 Å². The molecular weight excluding hydrogens is 504 g/mol. The second kappa shape index (κ2) is 11.2. The SMILES string of the molecule is O=C(NCc1ccccc1)[C@@H]1CC2CCCC2[N+]1([O-])CC[N+]1([O-])C2CCCC2C[C@H]1C(=O)NCc1ccccc1. The number of fused-ring (bicyclic) bond motifs is 2. The molecule has 2 aliphatic heterocycles. The third-order valence-corrected chi connectivity index (χ3v) is 10.5. The molecule has 4 aliphatic rings. The highest BCUT2D eigenvalue weighted by Crippen LogP contribution is 2.49. The lowest BCUT2D eigenvalue weighted by atomic mass is 10.0. The molecule has 214 valence electrons. The number of rotatable bonds is 9. The van der Waals surface area contributed by atoms with E-state index in [0.29, 0.717) is 25.9 Å². The fraction of sp³-hybridized carbons (Fsp3) is 0.562. The lowest BCUT2D eigenvalue weighted by Crippen LogP contribution is -2.64. The Morgan fingerprint density at radius 1 is 0.650 bits per heavy atom. The van der Waals surface area contributed by atoms with Gasteiger partial charge in [-0.15, -0.1) is 0 Å². The number of nitrogens with zero attached hydrogens (tertiary/aromatic N) is 2. The minimum atomic E-state index is -0.696. The van der Waals surface area contributed by atoms with Gasteiger partial charge < -0.3 is 30.3 Å². The molecule has 6 unspecified atom stereocenters. The average Bonchev–Trinajstić information content (AvgIpc) is 3.75. The van der Waals surface area contributed by atoms with Gasteiger partial charge in [-0.1, -0.05) is 60.7 Å². The standard InChI is InChI=1S/C32H42N4O4/c37-31(33-21-23-9-3-1-4-10-23)29-19-25-13-7-15-27(25)35(29,39)17-18-36(40)28-16-8-14-26(28)20-30(36)32(38)34-22-24-11-5-2-6-12-24/h1-6,9-12,25-30H,7-8,13-22H2,(H,33,37)(H,34,38)/t25?,26?,27?,28?,29-,30-,35?,36?/m0/s1. The Morgan fingerprint density at radius 2 is 1.05 bits per heavy atom. The van der Waals surface area contributed by atoms with Gasteiger partial charge in [0.25, 0.3) is 11.8 Å². The molecule has 4 fully saturated rings. The zero-order valence-corrected chi connectivity index (χ0v) is 23.3. The van der Waals surface area contributed by atoms with Crippen LogP contribution in [0.1, 0.15) is 62.5 Å². The molecule has 2 N–H and O–H groups in total. The average molecular weight is 547 g/mol. The summed E-state index contributed by atoms with van der Waals surface area (Å²) in [6.07, 6.45) is 6.74. The fourth-order valence-corrected chi connectivity index (χ4v) is 8.50. The van der Waals surface area contributed by atoms with E-state index in [1.165, 1.54) is 0 Å². The maximum Gasteiger partial charge on any atom is 0.278 e. The predicted octanol–water partition coefficient (Wildman–Crippen LogP) is 4.13. The maximum atomic E-state index is 14.7. The normalized spacial score (nSPS) is 36.2. The highest BCUT2D eigenvalue weighted by molar-refractivity contribution is 5.81. The van der Waals surface area contributed by atoms with Crippen LogP contribution in [0.5, 0.6) is 0 Å². The number of hydrogen-bond acceptors (Lipinski definition) is 4. The number of likely N-dealkylation sites (tertiary alicyclic amines) is 2. The maximum absolute atomic E-state index is 14.7. The van der Waals surface area contributed by atoms with Crippen LogP contribution in [0.4, 0.5) is 0 Å². The quantitative estimate of drug-likeness (QED) is 0.365. The van der Waals surface area contributed by atoms with E-state index in [9.17, 15) is 20.0 Å². The topological polar surface area (TPSA) is 104 Å². The summed E-state index contributed by atoms with van der Waals surface area (Å²) in [7, 11) is 0. The van der Waals surface area contributed by atoms with Crippen LogP contribution < -0.4 is 10.6 Å². The predicted molar refractivity (Wildman–Crippen MR) is 153 cm³/mol. The van der Waals surface area contributed by atoms with Crippen molar-refractivity contribution in [2.45, 2.75) is 88.6 Å². The van der Waals surface area contributed by atoms with Gasteiger partial charge >= 0.3 is 0 Å². The molecule has 2 saturated heterocycles. The number of carbonyl (C=O) groups is 2. The highest BCUT2D eigenvalue weighted by atomic mass is 16.6. The number of hydroxylamine groups is 6. The first-order valence-electron chi connectivity index (χ1n) is 15.2. The van der Waals surface area contributed by atoms with Crippen LogP contribution in [-0.4, -0.2) is 58.4 Å². The minimum Gasteiger partial charge on any atom is -0.632 e. The van der Waals surface area contributed by atoms with E-state index < -0.39 is 21.4 Å². The van der Waals surface area contributed by atoms with Gasteiger partial charge in [0.15, 0.2) is 12.1 Å². The van der Waals surface area contributed by atoms with Crippen LogP contribution in [-0.2, 0) is 22.7 Å². The summed E-state index contributed by atoms with van der Waals surface area (Å²) in [4.78, 5) is 26.9. The van der Waals surface area contributed by atoms with E-state index in [2.05, 4.69) is 10.6 Å². The Kier molecular flexibility index (Phi) is 7.70. The summed E-state index contributed by atoms with van der Waals surface area (Å²) in [6, 6.07) is 17.8. The molecule has 2 aliphatic carbocycles. The fourth-order valence-electron chi connectivity index (χ4n) is 8.50. The number of carbonyl (C=O) groups excluding carboxylic acids is 2. The van der Waals surface area contributed by atoms with Crippen LogP contribution in [0.2, 0.25) is 0 Å². The van der Waals surface area contributed by atoms with Gasteiger partial charge in [-0.3, -0.25) is 9.59 Å². The number of amides is 2. The molecule has 0 radical (unpaired) electrons. The third kappa shape index (κ3) is 5.07. The lowest BCUT2D eigenvalue weighted by molar-refractivity contribution is -0.961. The van der Waals surface area contributed by atoms with Crippen molar-refractivity contribution in [2.24, 2.45) is 11.8 Å². The van der Waals surface area contributed by atoms with Gasteiger partial charge in [0.05, 0.1) is 12.1 Å². The Labute approximate surface area is 237 Å². The van der Waals surface area contributed by atoms with Crippen molar-refractivity contribution >= 4 is 11.8 Å². The van der Waals surface area contributed by atoms with Gasteiger partial charge in [0.1, 0.15) is 13.1 Å². The van der Waals surface area contributed by atoms with Crippen LogP contribution in [0, 0.1) is 22.3 Å². The van der Waals surface area contributed by atoms with E-state index in [0.717, 1.165) is 49.7 Å². The molecule has 6 rings (SSSR count). The highest BCUT2D eigenvalue weighted by Gasteiger charge is 2.58. The van der Waals surface area contributed by atoms with Gasteiger partial charge in [-0.25, -0.2) is 0 Å². The molecule has 2 aromatic carbocycles. The first-order chi connectivity index (χ1) is 19.4. The summed E-state index contributed by atoms with van der Waals surface area (Å²) in [5, 5.41) is 35.4. The van der Waals surface area contributed by atoms with Gasteiger partial charge in [0.2, 0.25) is 0 Å². The van der Waals surface area contributed by atoms with Crippen molar-refractivity contribution in [2.75, 3.05) is 13.1 Å². The summed E-state index contributed by atoms with van der Waals surface area (Å²) < 4.78 is -1.22. The van der Waals surface area contributed by atoms with Crippen molar-refractivity contribution in [1.82, 2.24) is 10.6 Å². The molecule has 8 atom stereocenters. The van der Waals surface area contributed by atoms with Crippen molar-refractivity contribution in [1.29, 1.82) is 0 Å². The molecular formula is C32H42N4O4. The molecule has 0 spiro atoms. The van der Waals surface area contributed by atoms with Crippen LogP contribution in [0.3, 0.4) is 0 Å². The smallest absolute Gasteiger partial charge is 0.278 e. The molecule has 2 aromatic rings. The Morgan fingerprint density at radius 3 is 1.45 bits per heavy atom. The van der Waals surface area contributed by atoms with Crippen LogP contribution in [0.25, 0.3) is 0 Å². The molecule has 2 heterocycles. The largest absolute Gasteiger partial charge is 0.632 e. The van der Waals surface area contributed by atoms with Crippen LogP contribution >= 0.6 is 0 Å². The first-order valence-corrected chi connectivity index (χ1v) is 15.2. The molecule has 40 heavy (non-hydrogen) atoms. The molecule has 8 nitrogen and oxygen atoms in total. The van der Waals surface area contributed by atoms with Crippen molar-refractivity contribution < 1.29 is 18.9 Å². The van der Waals surface area contributed by atoms with E-state index in [1.807, 2.05) is 60.7 Å². The van der Waals surface area contributed by atoms with Gasteiger partial charge in [-0.05, 0) is 36.8 Å². The molecule has 8 heteroatoms. The first kappa shape index (κ1) is 27.4.